The van der Waals surface area contributed by atoms with Gasteiger partial charge in [0.25, 0.3) is 0 Å². The number of rotatable bonds is 3. The lowest BCUT2D eigenvalue weighted by molar-refractivity contribution is 0.660. The molecule has 0 amide bonds. The van der Waals surface area contributed by atoms with Crippen LogP contribution >= 0.6 is 11.3 Å². The second kappa shape index (κ2) is 12.1. The third-order valence-corrected chi connectivity index (χ3v) is 16.6. The molecule has 1 spiro atoms. The van der Waals surface area contributed by atoms with E-state index in [2.05, 4.69) is 221 Å². The van der Waals surface area contributed by atoms with Crippen molar-refractivity contribution in [1.82, 2.24) is 0 Å². The van der Waals surface area contributed by atoms with E-state index in [0.29, 0.717) is 0 Å². The summed E-state index contributed by atoms with van der Waals surface area (Å²) in [7, 11) is 0. The highest BCUT2D eigenvalue weighted by atomic mass is 32.1. The van der Waals surface area contributed by atoms with E-state index >= 15 is 0 Å². The molecule has 0 saturated carbocycles. The third-order valence-electron chi connectivity index (χ3n) is 15.5. The molecule has 1 aromatic heterocycles. The fraction of sp³-hybridized carbons (Fsp3) is 0.115. The van der Waals surface area contributed by atoms with Crippen molar-refractivity contribution in [1.29, 1.82) is 0 Å². The van der Waals surface area contributed by atoms with E-state index in [1.807, 2.05) is 11.3 Å². The molecule has 0 radical (unpaired) electrons. The summed E-state index contributed by atoms with van der Waals surface area (Å²) in [5.41, 5.74) is 24.4. The van der Waals surface area contributed by atoms with E-state index in [9.17, 15) is 0 Å². The maximum Gasteiger partial charge on any atom is 0.0726 e. The summed E-state index contributed by atoms with van der Waals surface area (Å²) in [5, 5.41) is 2.68. The molecule has 1 nitrogen and oxygen atoms in total. The molecule has 1 unspecified atom stereocenters. The Kier molecular flexibility index (Phi) is 6.85. The molecular formula is C61H43NS. The van der Waals surface area contributed by atoms with Crippen LogP contribution in [-0.2, 0) is 16.2 Å². The Hall–Kier alpha value is -7.00. The van der Waals surface area contributed by atoms with Gasteiger partial charge in [0.1, 0.15) is 0 Å². The van der Waals surface area contributed by atoms with Gasteiger partial charge in [-0.1, -0.05) is 167 Å². The molecule has 0 N–H and O–H groups in total. The molecule has 14 rings (SSSR count). The predicted octanol–water partition coefficient (Wildman–Crippen LogP) is 16.5. The predicted molar refractivity (Wildman–Crippen MR) is 265 cm³/mol. The van der Waals surface area contributed by atoms with Gasteiger partial charge in [0.15, 0.2) is 0 Å². The fourth-order valence-electron chi connectivity index (χ4n) is 12.7. The van der Waals surface area contributed by atoms with Gasteiger partial charge in [-0.15, -0.1) is 11.3 Å². The van der Waals surface area contributed by atoms with Crippen LogP contribution in [0.4, 0.5) is 17.1 Å². The quantitative estimate of drug-likeness (QED) is 0.172. The van der Waals surface area contributed by atoms with Crippen molar-refractivity contribution in [2.45, 2.75) is 43.9 Å². The fourth-order valence-corrected chi connectivity index (χ4v) is 13.8. The van der Waals surface area contributed by atoms with E-state index in [1.165, 1.54) is 126 Å². The summed E-state index contributed by atoms with van der Waals surface area (Å²) >= 11 is 1.91. The van der Waals surface area contributed by atoms with Crippen LogP contribution in [0.15, 0.2) is 188 Å². The Morgan fingerprint density at radius 1 is 0.333 bits per heavy atom. The number of anilines is 3. The molecule has 0 bridgehead atoms. The second-order valence-corrected chi connectivity index (χ2v) is 20.3. The Morgan fingerprint density at radius 2 is 0.825 bits per heavy atom. The molecule has 4 aliphatic carbocycles. The molecule has 63 heavy (non-hydrogen) atoms. The first-order chi connectivity index (χ1) is 30.8. The Labute approximate surface area is 372 Å². The van der Waals surface area contributed by atoms with Crippen LogP contribution in [0.3, 0.4) is 0 Å². The first-order valence-electron chi connectivity index (χ1n) is 22.3. The number of hydrogen-bond donors (Lipinski definition) is 0. The minimum absolute atomic E-state index is 0.140. The summed E-state index contributed by atoms with van der Waals surface area (Å²) in [6.45, 7) is 9.57. The van der Waals surface area contributed by atoms with Gasteiger partial charge in [-0.2, -0.15) is 0 Å². The van der Waals surface area contributed by atoms with Gasteiger partial charge in [-0.3, -0.25) is 0 Å². The largest absolute Gasteiger partial charge is 0.310 e. The summed E-state index contributed by atoms with van der Waals surface area (Å²) in [6, 6.07) is 72.1. The molecule has 0 saturated heterocycles. The van der Waals surface area contributed by atoms with Crippen molar-refractivity contribution < 1.29 is 0 Å². The Morgan fingerprint density at radius 3 is 1.46 bits per heavy atom. The molecule has 9 aromatic carbocycles. The first kappa shape index (κ1) is 35.6. The van der Waals surface area contributed by atoms with Gasteiger partial charge in [0.05, 0.1) is 11.1 Å². The summed E-state index contributed by atoms with van der Waals surface area (Å²) in [4.78, 5) is 2.59. The van der Waals surface area contributed by atoms with Gasteiger partial charge in [0.2, 0.25) is 0 Å². The normalized spacial score (nSPS) is 17.2. The molecule has 4 aliphatic rings. The average Bonchev–Trinajstić information content (AvgIpc) is 4.05. The number of thiophene rings is 1. The van der Waals surface area contributed by atoms with Crippen molar-refractivity contribution in [2.75, 3.05) is 4.90 Å². The second-order valence-electron chi connectivity index (χ2n) is 19.2. The molecule has 298 valence electrons. The van der Waals surface area contributed by atoms with E-state index in [-0.39, 0.29) is 10.8 Å². The number of hydrogen-bond acceptors (Lipinski definition) is 2. The van der Waals surface area contributed by atoms with E-state index in [1.54, 1.807) is 0 Å². The van der Waals surface area contributed by atoms with Crippen molar-refractivity contribution in [3.63, 3.8) is 0 Å². The van der Waals surface area contributed by atoms with Gasteiger partial charge in [0, 0.05) is 47.9 Å². The molecule has 1 heterocycles. The van der Waals surface area contributed by atoms with Crippen LogP contribution in [0.1, 0.15) is 72.2 Å². The van der Waals surface area contributed by atoms with Crippen molar-refractivity contribution in [2.24, 2.45) is 0 Å². The zero-order chi connectivity index (χ0) is 42.0. The van der Waals surface area contributed by atoms with Crippen LogP contribution in [0.5, 0.6) is 0 Å². The van der Waals surface area contributed by atoms with Crippen molar-refractivity contribution >= 4 is 48.6 Å². The molecule has 2 heteroatoms. The monoisotopic (exact) mass is 821 g/mol. The van der Waals surface area contributed by atoms with E-state index in [4.69, 9.17) is 0 Å². The molecule has 10 aromatic rings. The van der Waals surface area contributed by atoms with Crippen LogP contribution in [0.2, 0.25) is 0 Å². The van der Waals surface area contributed by atoms with Gasteiger partial charge >= 0.3 is 0 Å². The zero-order valence-electron chi connectivity index (χ0n) is 35.8. The highest BCUT2D eigenvalue weighted by Gasteiger charge is 2.53. The number of fused-ring (bicyclic) bond motifs is 19. The zero-order valence-corrected chi connectivity index (χ0v) is 36.6. The minimum Gasteiger partial charge on any atom is -0.310 e. The maximum atomic E-state index is 2.59. The number of nitrogens with zero attached hydrogens (tertiary/aromatic N) is 1. The van der Waals surface area contributed by atoms with E-state index in [0.717, 1.165) is 0 Å². The van der Waals surface area contributed by atoms with Crippen LogP contribution in [0, 0.1) is 0 Å². The topological polar surface area (TPSA) is 3.24 Å². The van der Waals surface area contributed by atoms with Crippen LogP contribution < -0.4 is 4.90 Å². The SMILES string of the molecule is CC1(C)c2ccccc2-c2ccc(N(c3ccc4c(c3)C(C)(C)c3ccccc3-4)c3cccc4c3-c3ccccc3C43c4ccccc4-c4cc5sc6ccccc6c5cc43)cc21. The standard InChI is InChI=1S/C61H43NS/c1-59(2)47-21-10-5-16-38(47)41-30-28-36(32-52(41)59)62(37-29-31-42-39-17-6-11-22-48(39)60(3,4)53(42)33-37)55-26-15-25-51-58(55)44-20-8-13-24-50(44)61(51)49-23-12-7-18-40(49)45-35-57-46(34-54(45)61)43-19-9-14-27-56(43)63-57/h5-35H,1-4H3. The lowest BCUT2D eigenvalue weighted by Gasteiger charge is -2.33. The molecule has 1 atom stereocenters. The van der Waals surface area contributed by atoms with Gasteiger partial charge < -0.3 is 4.90 Å². The lowest BCUT2D eigenvalue weighted by atomic mass is 9.70. The average molecular weight is 822 g/mol. The first-order valence-corrected chi connectivity index (χ1v) is 23.2. The van der Waals surface area contributed by atoms with Gasteiger partial charge in [-0.25, -0.2) is 0 Å². The molecule has 0 fully saturated rings. The Balaban J connectivity index is 1.06. The summed E-state index contributed by atoms with van der Waals surface area (Å²) in [5.74, 6) is 0. The van der Waals surface area contributed by atoms with Crippen LogP contribution in [-0.4, -0.2) is 0 Å². The highest BCUT2D eigenvalue weighted by molar-refractivity contribution is 7.25. The summed E-state index contributed by atoms with van der Waals surface area (Å²) < 4.78 is 2.68. The lowest BCUT2D eigenvalue weighted by Crippen LogP contribution is -2.26. The Bertz CT molecular complexity index is 3550. The van der Waals surface area contributed by atoms with E-state index < -0.39 is 5.41 Å². The summed E-state index contributed by atoms with van der Waals surface area (Å²) in [6.07, 6.45) is 0. The molecule has 0 aliphatic heterocycles. The number of benzene rings is 9. The van der Waals surface area contributed by atoms with Gasteiger partial charge in [-0.05, 0) is 132 Å². The third kappa shape index (κ3) is 4.37. The maximum absolute atomic E-state index is 2.59. The van der Waals surface area contributed by atoms with Crippen molar-refractivity contribution in [3.05, 3.63) is 233 Å². The highest BCUT2D eigenvalue weighted by Crippen LogP contribution is 2.66. The van der Waals surface area contributed by atoms with Crippen LogP contribution in [0.25, 0.3) is 64.7 Å². The molecular weight excluding hydrogens is 779 g/mol. The smallest absolute Gasteiger partial charge is 0.0726 e. The minimum atomic E-state index is -0.486. The van der Waals surface area contributed by atoms with Crippen molar-refractivity contribution in [3.8, 4) is 44.5 Å².